The molecule has 0 N–H and O–H groups in total. The minimum Gasteiger partial charge on any atom is -0.261 e. The molecule has 2 nitrogen and oxygen atoms in total. The molecule has 0 radical (unpaired) electrons. The fraction of sp³-hybridized carbons (Fsp3) is 0.333. The Balaban J connectivity index is 3.05. The Hall–Kier alpha value is -1.36. The second-order valence-corrected chi connectivity index (χ2v) is 2.86. The van der Waals surface area contributed by atoms with Gasteiger partial charge in [0.05, 0.1) is 11.1 Å². The summed E-state index contributed by atoms with van der Waals surface area (Å²) in [6.07, 6.45) is 10.3. The van der Waals surface area contributed by atoms with Crippen LogP contribution in [-0.4, -0.2) is 9.97 Å². The van der Waals surface area contributed by atoms with E-state index in [4.69, 9.17) is 6.42 Å². The summed E-state index contributed by atoms with van der Waals surface area (Å²) < 4.78 is 0. The average Bonchev–Trinajstić information content (AvgIpc) is 2.06. The standard InChI is InChI=1S/C9H10N2/c1-4-9(2,3)8-7-10-5-6-11-8/h1,5-7H,2-3H3. The molecule has 11 heavy (non-hydrogen) atoms. The number of hydrogen-bond donors (Lipinski definition) is 0. The van der Waals surface area contributed by atoms with E-state index in [2.05, 4.69) is 15.9 Å². The normalized spacial score (nSPS) is 10.6. The van der Waals surface area contributed by atoms with E-state index in [-0.39, 0.29) is 5.41 Å². The quantitative estimate of drug-likeness (QED) is 0.559. The molecule has 0 aliphatic rings. The zero-order chi connectivity index (χ0) is 8.32. The molecule has 0 atom stereocenters. The van der Waals surface area contributed by atoms with Gasteiger partial charge in [0.2, 0.25) is 0 Å². The zero-order valence-electron chi connectivity index (χ0n) is 6.70. The molecule has 1 aromatic rings. The summed E-state index contributed by atoms with van der Waals surface area (Å²) in [6, 6.07) is 0. The second kappa shape index (κ2) is 2.71. The summed E-state index contributed by atoms with van der Waals surface area (Å²) in [6.45, 7) is 3.88. The van der Waals surface area contributed by atoms with Gasteiger partial charge in [0.25, 0.3) is 0 Å². The zero-order valence-corrected chi connectivity index (χ0v) is 6.70. The van der Waals surface area contributed by atoms with Crippen molar-refractivity contribution >= 4 is 0 Å². The van der Waals surface area contributed by atoms with Gasteiger partial charge >= 0.3 is 0 Å². The van der Waals surface area contributed by atoms with Crippen LogP contribution in [0.1, 0.15) is 19.5 Å². The highest BCUT2D eigenvalue weighted by molar-refractivity contribution is 5.22. The SMILES string of the molecule is C#CC(C)(C)c1cnccn1. The van der Waals surface area contributed by atoms with Crippen LogP contribution in [-0.2, 0) is 5.41 Å². The van der Waals surface area contributed by atoms with E-state index in [1.54, 1.807) is 18.6 Å². The van der Waals surface area contributed by atoms with Crippen LogP contribution >= 0.6 is 0 Å². The van der Waals surface area contributed by atoms with Crippen molar-refractivity contribution in [1.29, 1.82) is 0 Å². The molecular formula is C9H10N2. The minimum atomic E-state index is -0.311. The summed E-state index contributed by atoms with van der Waals surface area (Å²) in [4.78, 5) is 8.06. The molecule has 1 aromatic heterocycles. The second-order valence-electron chi connectivity index (χ2n) is 2.86. The van der Waals surface area contributed by atoms with Crippen molar-refractivity contribution in [2.24, 2.45) is 0 Å². The third kappa shape index (κ3) is 1.56. The third-order valence-corrected chi connectivity index (χ3v) is 1.56. The Bertz CT molecular complexity index is 269. The Morgan fingerprint density at radius 2 is 2.18 bits per heavy atom. The highest BCUT2D eigenvalue weighted by atomic mass is 14.8. The molecule has 1 rings (SSSR count). The maximum Gasteiger partial charge on any atom is 0.0761 e. The molecule has 56 valence electrons. The van der Waals surface area contributed by atoms with Crippen molar-refractivity contribution in [3.63, 3.8) is 0 Å². The molecule has 0 amide bonds. The van der Waals surface area contributed by atoms with Crippen LogP contribution in [0.5, 0.6) is 0 Å². The molecule has 2 heteroatoms. The van der Waals surface area contributed by atoms with Crippen molar-refractivity contribution in [3.05, 3.63) is 24.3 Å². The number of terminal acetylenes is 1. The Kier molecular flexibility index (Phi) is 1.91. The molecule has 0 saturated carbocycles. The van der Waals surface area contributed by atoms with Crippen LogP contribution in [0.25, 0.3) is 0 Å². The molecule has 0 fully saturated rings. The van der Waals surface area contributed by atoms with Gasteiger partial charge in [0.15, 0.2) is 0 Å². The predicted molar refractivity (Wildman–Crippen MR) is 43.9 cm³/mol. The number of rotatable bonds is 1. The van der Waals surface area contributed by atoms with E-state index in [1.807, 2.05) is 13.8 Å². The van der Waals surface area contributed by atoms with E-state index >= 15 is 0 Å². The van der Waals surface area contributed by atoms with Gasteiger partial charge in [-0.15, -0.1) is 6.42 Å². The van der Waals surface area contributed by atoms with Gasteiger partial charge in [0.1, 0.15) is 0 Å². The number of aromatic nitrogens is 2. The molecule has 0 saturated heterocycles. The van der Waals surface area contributed by atoms with Crippen LogP contribution in [0, 0.1) is 12.3 Å². The van der Waals surface area contributed by atoms with Gasteiger partial charge in [0, 0.05) is 18.6 Å². The molecule has 1 heterocycles. The van der Waals surface area contributed by atoms with Gasteiger partial charge in [-0.25, -0.2) is 0 Å². The van der Waals surface area contributed by atoms with Gasteiger partial charge in [-0.2, -0.15) is 0 Å². The molecule has 0 aliphatic carbocycles. The summed E-state index contributed by atoms with van der Waals surface area (Å²) >= 11 is 0. The topological polar surface area (TPSA) is 25.8 Å². The van der Waals surface area contributed by atoms with E-state index in [9.17, 15) is 0 Å². The summed E-state index contributed by atoms with van der Waals surface area (Å²) in [7, 11) is 0. The fourth-order valence-corrected chi connectivity index (χ4v) is 0.696. The maximum atomic E-state index is 5.32. The van der Waals surface area contributed by atoms with Crippen LogP contribution in [0.15, 0.2) is 18.6 Å². The van der Waals surface area contributed by atoms with Gasteiger partial charge in [-0.05, 0) is 13.8 Å². The van der Waals surface area contributed by atoms with E-state index < -0.39 is 0 Å². The van der Waals surface area contributed by atoms with Crippen molar-refractivity contribution in [1.82, 2.24) is 9.97 Å². The highest BCUT2D eigenvalue weighted by Crippen LogP contribution is 2.17. The molecule has 0 bridgehead atoms. The van der Waals surface area contributed by atoms with Crippen molar-refractivity contribution in [2.45, 2.75) is 19.3 Å². The van der Waals surface area contributed by atoms with Gasteiger partial charge in [-0.1, -0.05) is 5.92 Å². The van der Waals surface area contributed by atoms with E-state index in [0.717, 1.165) is 5.69 Å². The minimum absolute atomic E-state index is 0.311. The van der Waals surface area contributed by atoms with Crippen LogP contribution in [0.3, 0.4) is 0 Å². The lowest BCUT2D eigenvalue weighted by atomic mass is 9.91. The third-order valence-electron chi connectivity index (χ3n) is 1.56. The maximum absolute atomic E-state index is 5.32. The van der Waals surface area contributed by atoms with E-state index in [0.29, 0.717) is 0 Å². The first-order valence-electron chi connectivity index (χ1n) is 3.41. The number of hydrogen-bond acceptors (Lipinski definition) is 2. The Labute approximate surface area is 66.7 Å². The molecular weight excluding hydrogens is 136 g/mol. The predicted octanol–water partition coefficient (Wildman–Crippen LogP) is 1.39. The molecule has 0 aromatic carbocycles. The van der Waals surface area contributed by atoms with Crippen LogP contribution < -0.4 is 0 Å². The Morgan fingerprint density at radius 3 is 2.64 bits per heavy atom. The number of nitrogens with zero attached hydrogens (tertiary/aromatic N) is 2. The smallest absolute Gasteiger partial charge is 0.0761 e. The van der Waals surface area contributed by atoms with Crippen molar-refractivity contribution in [2.75, 3.05) is 0 Å². The van der Waals surface area contributed by atoms with Gasteiger partial charge < -0.3 is 0 Å². The van der Waals surface area contributed by atoms with Crippen LogP contribution in [0.2, 0.25) is 0 Å². The van der Waals surface area contributed by atoms with Crippen LogP contribution in [0.4, 0.5) is 0 Å². The first kappa shape index (κ1) is 7.74. The first-order chi connectivity index (χ1) is 5.17. The summed E-state index contributed by atoms with van der Waals surface area (Å²) in [5, 5.41) is 0. The lowest BCUT2D eigenvalue weighted by molar-refractivity contribution is 0.665. The Morgan fingerprint density at radius 1 is 1.45 bits per heavy atom. The van der Waals surface area contributed by atoms with Crippen molar-refractivity contribution in [3.8, 4) is 12.3 Å². The largest absolute Gasteiger partial charge is 0.261 e. The average molecular weight is 146 g/mol. The molecule has 0 spiro atoms. The summed E-state index contributed by atoms with van der Waals surface area (Å²) in [5.74, 6) is 2.66. The molecule has 0 aliphatic heterocycles. The van der Waals surface area contributed by atoms with Gasteiger partial charge in [-0.3, -0.25) is 9.97 Å². The van der Waals surface area contributed by atoms with E-state index in [1.165, 1.54) is 0 Å². The fourth-order valence-electron chi connectivity index (χ4n) is 0.696. The lowest BCUT2D eigenvalue weighted by Crippen LogP contribution is -2.15. The summed E-state index contributed by atoms with van der Waals surface area (Å²) in [5.41, 5.74) is 0.524. The monoisotopic (exact) mass is 146 g/mol. The lowest BCUT2D eigenvalue weighted by Gasteiger charge is -2.14. The first-order valence-corrected chi connectivity index (χ1v) is 3.41. The molecule has 0 unspecified atom stereocenters. The highest BCUT2D eigenvalue weighted by Gasteiger charge is 2.17. The van der Waals surface area contributed by atoms with Crippen molar-refractivity contribution < 1.29 is 0 Å².